The minimum atomic E-state index is -0.260. The van der Waals surface area contributed by atoms with Crippen molar-refractivity contribution >= 4 is 27.5 Å². The SMILES string of the molecule is Cc1ccc(CC(Br)c2cc(C)c(F)cc2Cl)cc1. The molecule has 3 heteroatoms. The van der Waals surface area contributed by atoms with Crippen LogP contribution in [0.15, 0.2) is 36.4 Å². The maximum atomic E-state index is 13.4. The number of benzene rings is 2. The van der Waals surface area contributed by atoms with Crippen molar-refractivity contribution in [2.75, 3.05) is 0 Å². The van der Waals surface area contributed by atoms with E-state index < -0.39 is 0 Å². The summed E-state index contributed by atoms with van der Waals surface area (Å²) in [7, 11) is 0. The van der Waals surface area contributed by atoms with Crippen LogP contribution in [0.1, 0.15) is 27.1 Å². The second-order valence-corrected chi connectivity index (χ2v) is 6.29. The van der Waals surface area contributed by atoms with Gasteiger partial charge in [-0.25, -0.2) is 4.39 Å². The topological polar surface area (TPSA) is 0 Å². The smallest absolute Gasteiger partial charge is 0.127 e. The third kappa shape index (κ3) is 3.58. The molecule has 1 atom stereocenters. The first-order valence-electron chi connectivity index (χ1n) is 6.12. The summed E-state index contributed by atoms with van der Waals surface area (Å²) in [5.74, 6) is -0.260. The summed E-state index contributed by atoms with van der Waals surface area (Å²) in [5, 5.41) is 0.470. The summed E-state index contributed by atoms with van der Waals surface area (Å²) in [6.45, 7) is 3.82. The molecule has 0 amide bonds. The van der Waals surface area contributed by atoms with E-state index in [2.05, 4.69) is 47.1 Å². The van der Waals surface area contributed by atoms with E-state index in [9.17, 15) is 4.39 Å². The first-order chi connectivity index (χ1) is 8.97. The van der Waals surface area contributed by atoms with Gasteiger partial charge in [-0.1, -0.05) is 63.4 Å². The monoisotopic (exact) mass is 340 g/mol. The Kier molecular flexibility index (Phi) is 4.64. The number of hydrogen-bond acceptors (Lipinski definition) is 0. The molecule has 0 aliphatic heterocycles. The van der Waals surface area contributed by atoms with E-state index >= 15 is 0 Å². The van der Waals surface area contributed by atoms with E-state index in [4.69, 9.17) is 11.6 Å². The van der Waals surface area contributed by atoms with Gasteiger partial charge in [-0.2, -0.15) is 0 Å². The molecule has 0 heterocycles. The summed E-state index contributed by atoms with van der Waals surface area (Å²) >= 11 is 9.76. The Bertz CT molecular complexity index is 578. The molecule has 1 unspecified atom stereocenters. The molecule has 0 aromatic heterocycles. The molecule has 0 nitrogen and oxygen atoms in total. The van der Waals surface area contributed by atoms with Gasteiger partial charge in [0.15, 0.2) is 0 Å². The van der Waals surface area contributed by atoms with Gasteiger partial charge >= 0.3 is 0 Å². The number of aryl methyl sites for hydroxylation is 2. The van der Waals surface area contributed by atoms with Crippen molar-refractivity contribution in [3.8, 4) is 0 Å². The van der Waals surface area contributed by atoms with E-state index in [1.54, 1.807) is 6.92 Å². The van der Waals surface area contributed by atoms with E-state index in [1.165, 1.54) is 17.2 Å². The lowest BCUT2D eigenvalue weighted by Crippen LogP contribution is -1.98. The predicted molar refractivity (Wildman–Crippen MR) is 82.7 cm³/mol. The molecule has 0 N–H and O–H groups in total. The van der Waals surface area contributed by atoms with Crippen molar-refractivity contribution in [3.63, 3.8) is 0 Å². The minimum absolute atomic E-state index is 0.0852. The first kappa shape index (κ1) is 14.5. The highest BCUT2D eigenvalue weighted by Crippen LogP contribution is 2.33. The second kappa shape index (κ2) is 6.06. The summed E-state index contributed by atoms with van der Waals surface area (Å²) < 4.78 is 13.4. The van der Waals surface area contributed by atoms with Gasteiger partial charge in [0.1, 0.15) is 5.82 Å². The van der Waals surface area contributed by atoms with Gasteiger partial charge in [0.25, 0.3) is 0 Å². The van der Waals surface area contributed by atoms with Crippen LogP contribution in [0, 0.1) is 19.7 Å². The molecule has 0 bridgehead atoms. The largest absolute Gasteiger partial charge is 0.207 e. The number of halogens is 3. The van der Waals surface area contributed by atoms with Crippen LogP contribution in [0.5, 0.6) is 0 Å². The van der Waals surface area contributed by atoms with Crippen molar-refractivity contribution in [2.24, 2.45) is 0 Å². The van der Waals surface area contributed by atoms with Gasteiger partial charge in [0.2, 0.25) is 0 Å². The lowest BCUT2D eigenvalue weighted by molar-refractivity contribution is 0.617. The van der Waals surface area contributed by atoms with Crippen LogP contribution >= 0.6 is 27.5 Å². The zero-order chi connectivity index (χ0) is 14.0. The second-order valence-electron chi connectivity index (χ2n) is 4.78. The highest BCUT2D eigenvalue weighted by atomic mass is 79.9. The quantitative estimate of drug-likeness (QED) is 0.621. The molecular weight excluding hydrogens is 327 g/mol. The Hall–Kier alpha value is -0.860. The Balaban J connectivity index is 2.22. The van der Waals surface area contributed by atoms with Gasteiger partial charge in [-0.05, 0) is 43.0 Å². The van der Waals surface area contributed by atoms with E-state index in [-0.39, 0.29) is 10.6 Å². The maximum Gasteiger partial charge on any atom is 0.127 e. The molecule has 0 aliphatic carbocycles. The Labute approximate surface area is 126 Å². The number of hydrogen-bond donors (Lipinski definition) is 0. The summed E-state index contributed by atoms with van der Waals surface area (Å²) in [4.78, 5) is 0.0852. The van der Waals surface area contributed by atoms with Crippen LogP contribution in [0.25, 0.3) is 0 Å². The fourth-order valence-corrected chi connectivity index (χ4v) is 3.13. The molecule has 0 saturated heterocycles. The molecule has 2 rings (SSSR count). The number of alkyl halides is 1. The lowest BCUT2D eigenvalue weighted by Gasteiger charge is -2.14. The van der Waals surface area contributed by atoms with Crippen molar-refractivity contribution in [3.05, 3.63) is 69.5 Å². The average molecular weight is 342 g/mol. The van der Waals surface area contributed by atoms with Crippen LogP contribution in [-0.2, 0) is 6.42 Å². The average Bonchev–Trinajstić information content (AvgIpc) is 2.36. The van der Waals surface area contributed by atoms with Crippen molar-refractivity contribution in [1.82, 2.24) is 0 Å². The van der Waals surface area contributed by atoms with Crippen LogP contribution in [-0.4, -0.2) is 0 Å². The molecule has 0 radical (unpaired) electrons. The van der Waals surface area contributed by atoms with Crippen LogP contribution in [0.4, 0.5) is 4.39 Å². The third-order valence-electron chi connectivity index (χ3n) is 3.15. The molecular formula is C16H15BrClF. The minimum Gasteiger partial charge on any atom is -0.207 e. The maximum absolute atomic E-state index is 13.4. The molecule has 0 spiro atoms. The van der Waals surface area contributed by atoms with Gasteiger partial charge in [-0.3, -0.25) is 0 Å². The zero-order valence-corrected chi connectivity index (χ0v) is 13.2. The summed E-state index contributed by atoms with van der Waals surface area (Å²) in [6, 6.07) is 11.6. The molecule has 2 aromatic carbocycles. The van der Waals surface area contributed by atoms with Crippen molar-refractivity contribution < 1.29 is 4.39 Å². The Morgan fingerprint density at radius 2 is 1.79 bits per heavy atom. The van der Waals surface area contributed by atoms with Gasteiger partial charge in [0, 0.05) is 9.85 Å². The highest BCUT2D eigenvalue weighted by Gasteiger charge is 2.14. The van der Waals surface area contributed by atoms with E-state index in [1.807, 2.05) is 6.07 Å². The molecule has 100 valence electrons. The molecule has 0 saturated carbocycles. The summed E-state index contributed by atoms with van der Waals surface area (Å²) in [5.41, 5.74) is 4.02. The predicted octanol–water partition coefficient (Wildman–Crippen LogP) is 5.77. The molecule has 0 fully saturated rings. The fraction of sp³-hybridized carbons (Fsp3) is 0.250. The summed E-state index contributed by atoms with van der Waals surface area (Å²) in [6.07, 6.45) is 0.824. The first-order valence-corrected chi connectivity index (χ1v) is 7.42. The normalized spacial score (nSPS) is 12.5. The Morgan fingerprint density at radius 1 is 1.16 bits per heavy atom. The van der Waals surface area contributed by atoms with Crippen molar-refractivity contribution in [2.45, 2.75) is 25.1 Å². The van der Waals surface area contributed by atoms with Gasteiger partial charge in [-0.15, -0.1) is 0 Å². The van der Waals surface area contributed by atoms with Crippen LogP contribution in [0.2, 0.25) is 5.02 Å². The zero-order valence-electron chi connectivity index (χ0n) is 10.9. The van der Waals surface area contributed by atoms with Gasteiger partial charge in [0.05, 0.1) is 0 Å². The molecule has 0 aliphatic rings. The Morgan fingerprint density at radius 3 is 2.42 bits per heavy atom. The molecule has 2 aromatic rings. The third-order valence-corrected chi connectivity index (χ3v) is 4.30. The fourth-order valence-electron chi connectivity index (χ4n) is 1.96. The van der Waals surface area contributed by atoms with Crippen molar-refractivity contribution in [1.29, 1.82) is 0 Å². The number of rotatable bonds is 3. The van der Waals surface area contributed by atoms with E-state index in [0.29, 0.717) is 10.6 Å². The van der Waals surface area contributed by atoms with E-state index in [0.717, 1.165) is 12.0 Å². The van der Waals surface area contributed by atoms with Gasteiger partial charge < -0.3 is 0 Å². The highest BCUT2D eigenvalue weighted by molar-refractivity contribution is 9.09. The van der Waals surface area contributed by atoms with Crippen LogP contribution < -0.4 is 0 Å². The van der Waals surface area contributed by atoms with Crippen LogP contribution in [0.3, 0.4) is 0 Å². The standard InChI is InChI=1S/C16H15BrClF/c1-10-3-5-12(6-4-10)8-14(17)13-7-11(2)16(19)9-15(13)18/h3-7,9,14H,8H2,1-2H3. The lowest BCUT2D eigenvalue weighted by atomic mass is 10.0. The molecule has 19 heavy (non-hydrogen) atoms.